The largest absolute Gasteiger partial charge is 1.00 e. The Hall–Kier alpha value is -9.28. The highest BCUT2D eigenvalue weighted by molar-refractivity contribution is 5.66. The number of aromatic nitrogens is 4. The zero-order chi connectivity index (χ0) is 58.0. The Balaban J connectivity index is 0.00000256. The van der Waals surface area contributed by atoms with Gasteiger partial charge in [-0.05, 0) is 115 Å². The van der Waals surface area contributed by atoms with Gasteiger partial charge in [-0.3, -0.25) is 0 Å². The molecule has 4 heterocycles. The van der Waals surface area contributed by atoms with Crippen molar-refractivity contribution in [1.82, 2.24) is 0 Å². The average Bonchev–Trinajstić information content (AvgIpc) is 0.914. The van der Waals surface area contributed by atoms with Crippen LogP contribution in [0, 0.1) is 0 Å². The molecule has 0 amide bonds. The number of methoxy groups -OCH3 is 4. The average molecular weight is 1260 g/mol. The zero-order valence-electron chi connectivity index (χ0n) is 50.0. The summed E-state index contributed by atoms with van der Waals surface area (Å²) in [5.41, 5.74) is 18.1. The highest BCUT2D eigenvalue weighted by Gasteiger charge is 2.39. The second-order valence-electron chi connectivity index (χ2n) is 21.5. The molecule has 0 saturated heterocycles. The summed E-state index contributed by atoms with van der Waals surface area (Å²) in [6, 6.07) is 87.5. The van der Waals surface area contributed by atoms with E-state index < -0.39 is 5.41 Å². The van der Waals surface area contributed by atoms with Crippen LogP contribution in [0.25, 0.3) is 44.5 Å². The molecule has 12 heteroatoms. The number of ether oxygens (including phenoxy) is 4. The predicted molar refractivity (Wildman–Crippen MR) is 336 cm³/mol. The summed E-state index contributed by atoms with van der Waals surface area (Å²) in [6.07, 6.45) is 17.3. The van der Waals surface area contributed by atoms with Crippen molar-refractivity contribution >= 4 is 0 Å². The summed E-state index contributed by atoms with van der Waals surface area (Å²) < 4.78 is 30.6. The first-order chi connectivity index (χ1) is 41.8. The van der Waals surface area contributed by atoms with E-state index in [-0.39, 0.29) is 49.6 Å². The Morgan fingerprint density at radius 1 is 0.213 bits per heavy atom. The number of hydrogen-bond donors (Lipinski definition) is 0. The predicted octanol–water partition coefficient (Wildman–Crippen LogP) is 2.13. The minimum atomic E-state index is -0.700. The Kier molecular flexibility index (Phi) is 22.6. The van der Waals surface area contributed by atoms with Crippen molar-refractivity contribution in [3.63, 3.8) is 0 Å². The molecule has 0 spiro atoms. The van der Waals surface area contributed by atoms with Gasteiger partial charge in [-0.1, -0.05) is 146 Å². The summed E-state index contributed by atoms with van der Waals surface area (Å²) in [5, 5.41) is 0. The molecule has 0 bridgehead atoms. The fraction of sp³-hybridized carbons (Fsp3) is 0.117. The molecule has 0 aliphatic rings. The van der Waals surface area contributed by atoms with E-state index in [4.69, 9.17) is 18.9 Å². The van der Waals surface area contributed by atoms with Crippen LogP contribution >= 0.6 is 0 Å². The van der Waals surface area contributed by atoms with Gasteiger partial charge < -0.3 is 68.6 Å². The van der Waals surface area contributed by atoms with Crippen LogP contribution in [-0.2, 0) is 31.6 Å². The summed E-state index contributed by atoms with van der Waals surface area (Å²) in [4.78, 5) is 0. The number of halogens is 4. The lowest BCUT2D eigenvalue weighted by Crippen LogP contribution is -3.00. The van der Waals surface area contributed by atoms with E-state index >= 15 is 0 Å². The van der Waals surface area contributed by atoms with Crippen LogP contribution in [-0.4, -0.2) is 28.4 Å². The van der Waals surface area contributed by atoms with Gasteiger partial charge in [0.2, 0.25) is 0 Å². The maximum Gasteiger partial charge on any atom is 0.173 e. The van der Waals surface area contributed by atoms with Crippen LogP contribution < -0.4 is 86.8 Å². The summed E-state index contributed by atoms with van der Waals surface area (Å²) in [5.74, 6) is 3.39. The van der Waals surface area contributed by atoms with Crippen molar-refractivity contribution in [2.75, 3.05) is 28.4 Å². The second-order valence-corrected chi connectivity index (χ2v) is 21.5. The van der Waals surface area contributed by atoms with E-state index in [1.807, 2.05) is 48.5 Å². The first-order valence-electron chi connectivity index (χ1n) is 28.7. The number of hydrogen-bond acceptors (Lipinski definition) is 4. The van der Waals surface area contributed by atoms with Gasteiger partial charge in [-0.2, -0.15) is 0 Å². The number of pyridine rings is 4. The SMILES string of the molecule is COc1ccc(-c2cc[n+](Cc3ccc(C(c4ccc(C[n+]5ccc(-c6ccc(OC)cc6)cc5)cc4)(c4ccc(C[n+]5ccc(-c6ccc(OC)cc6)cc5)cc4)c4ccc(C[n+]5ccc(-c6ccc(OC)cc6)cc5)cc4)cc3)cc2)cc1.[Cl-].[Cl-].[Cl-].[Cl-]. The minimum absolute atomic E-state index is 0. The third-order valence-electron chi connectivity index (χ3n) is 16.3. The number of benzene rings is 8. The van der Waals surface area contributed by atoms with Crippen molar-refractivity contribution in [2.24, 2.45) is 0 Å². The molecule has 0 radical (unpaired) electrons. The molecule has 8 nitrogen and oxygen atoms in total. The second kappa shape index (κ2) is 30.6. The van der Waals surface area contributed by atoms with Crippen molar-refractivity contribution in [3.05, 3.63) is 337 Å². The molecule has 0 atom stereocenters. The van der Waals surface area contributed by atoms with E-state index in [0.717, 1.165) is 93.7 Å². The molecule has 4 aromatic heterocycles. The highest BCUT2D eigenvalue weighted by atomic mass is 35.5. The third-order valence-corrected chi connectivity index (χ3v) is 16.3. The van der Waals surface area contributed by atoms with Crippen molar-refractivity contribution in [2.45, 2.75) is 31.6 Å². The smallest absolute Gasteiger partial charge is 0.173 e. The van der Waals surface area contributed by atoms with Crippen molar-refractivity contribution < 1.29 is 86.8 Å². The van der Waals surface area contributed by atoms with Gasteiger partial charge in [0.1, 0.15) is 23.0 Å². The number of rotatable bonds is 20. The molecule has 0 saturated carbocycles. The maximum absolute atomic E-state index is 5.41. The molecule has 12 aromatic rings. The van der Waals surface area contributed by atoms with E-state index in [9.17, 15) is 0 Å². The molecule has 0 unspecified atom stereocenters. The molecule has 0 N–H and O–H groups in total. The van der Waals surface area contributed by atoms with E-state index in [1.165, 1.54) is 44.5 Å². The first kappa shape index (κ1) is 65.7. The Labute approximate surface area is 547 Å². The Bertz CT molecular complexity index is 3570. The normalized spacial score (nSPS) is 10.7. The zero-order valence-corrected chi connectivity index (χ0v) is 53.0. The molecular weight excluding hydrogens is 1190 g/mol. The van der Waals surface area contributed by atoms with Crippen LogP contribution in [0.4, 0.5) is 0 Å². The van der Waals surface area contributed by atoms with Gasteiger partial charge in [-0.15, -0.1) is 0 Å². The van der Waals surface area contributed by atoms with Crippen LogP contribution in [0.1, 0.15) is 44.5 Å². The molecule has 448 valence electrons. The van der Waals surface area contributed by atoms with E-state index in [0.29, 0.717) is 0 Å². The molecular formula is C77H68Cl4N4O4. The van der Waals surface area contributed by atoms with Gasteiger partial charge in [0.15, 0.2) is 75.8 Å². The third kappa shape index (κ3) is 15.2. The van der Waals surface area contributed by atoms with Gasteiger partial charge >= 0.3 is 0 Å². The fourth-order valence-electron chi connectivity index (χ4n) is 11.4. The molecule has 0 fully saturated rings. The van der Waals surface area contributed by atoms with Crippen molar-refractivity contribution in [1.29, 1.82) is 0 Å². The lowest BCUT2D eigenvalue weighted by Gasteiger charge is -2.37. The molecule has 89 heavy (non-hydrogen) atoms. The van der Waals surface area contributed by atoms with Crippen molar-refractivity contribution in [3.8, 4) is 67.5 Å². The van der Waals surface area contributed by atoms with Crippen LogP contribution in [0.5, 0.6) is 23.0 Å². The van der Waals surface area contributed by atoms with E-state index in [1.54, 1.807) is 28.4 Å². The lowest BCUT2D eigenvalue weighted by molar-refractivity contribution is -0.688. The standard InChI is InChI=1S/C77H68N4O4.4ClH/c1-82-73-29-13-61(14-30-73)65-37-45-78(46-38-65)53-57-5-21-69(22-6-57)77(70-23-7-58(8-24-70)54-79-47-39-66(40-48-79)62-15-31-74(83-2)32-16-62,71-25-9-59(10-26-71)55-80-49-41-67(42-50-80)63-17-33-75(84-3)34-18-63)72-27-11-60(12-28-72)56-81-51-43-68(44-52-81)64-19-35-76(85-4)36-20-64;;;;/h5-52H,53-56H2,1-4H3;4*1H/q+4;;;;/p-4. The maximum atomic E-state index is 5.41. The summed E-state index contributed by atoms with van der Waals surface area (Å²) in [6.45, 7) is 2.91. The highest BCUT2D eigenvalue weighted by Crippen LogP contribution is 2.46. The minimum Gasteiger partial charge on any atom is -1.00 e. The monoisotopic (exact) mass is 1250 g/mol. The topological polar surface area (TPSA) is 52.4 Å². The van der Waals surface area contributed by atoms with Crippen LogP contribution in [0.3, 0.4) is 0 Å². The van der Waals surface area contributed by atoms with Crippen LogP contribution in [0.2, 0.25) is 0 Å². The first-order valence-corrected chi connectivity index (χ1v) is 28.7. The van der Waals surface area contributed by atoms with Gasteiger partial charge in [-0.25, -0.2) is 18.3 Å². The quantitative estimate of drug-likeness (QED) is 0.0869. The molecule has 8 aromatic carbocycles. The van der Waals surface area contributed by atoms with Gasteiger partial charge in [0, 0.05) is 70.8 Å². The lowest BCUT2D eigenvalue weighted by atomic mass is 9.65. The summed E-state index contributed by atoms with van der Waals surface area (Å²) in [7, 11) is 6.79. The van der Waals surface area contributed by atoms with Gasteiger partial charge in [0.05, 0.1) is 33.9 Å². The Morgan fingerprint density at radius 2 is 0.371 bits per heavy atom. The Morgan fingerprint density at radius 3 is 0.528 bits per heavy atom. The summed E-state index contributed by atoms with van der Waals surface area (Å²) >= 11 is 0. The van der Waals surface area contributed by atoms with Gasteiger partial charge in [0.25, 0.3) is 0 Å². The molecule has 12 rings (SSSR count). The van der Waals surface area contributed by atoms with Crippen LogP contribution in [0.15, 0.2) is 292 Å². The fourth-order valence-corrected chi connectivity index (χ4v) is 11.4. The van der Waals surface area contributed by atoms with E-state index in [2.05, 4.69) is 262 Å². The molecule has 0 aliphatic heterocycles. The molecule has 0 aliphatic carbocycles. The number of nitrogens with zero attached hydrogens (tertiary/aromatic N) is 4.